The maximum atomic E-state index is 12.6. The van der Waals surface area contributed by atoms with Crippen molar-refractivity contribution in [2.45, 2.75) is 24.9 Å². The molecular weight excluding hydrogens is 284 g/mol. The summed E-state index contributed by atoms with van der Waals surface area (Å²) in [6.45, 7) is 1.16. The van der Waals surface area contributed by atoms with E-state index in [1.54, 1.807) is 31.2 Å². The van der Waals surface area contributed by atoms with Crippen molar-refractivity contribution < 1.29 is 19.2 Å². The second-order valence-corrected chi connectivity index (χ2v) is 5.83. The van der Waals surface area contributed by atoms with Crippen LogP contribution in [0.4, 0.5) is 0 Å². The molecule has 3 rings (SSSR count). The van der Waals surface area contributed by atoms with Gasteiger partial charge in [0.05, 0.1) is 19.1 Å². The molecule has 2 heterocycles. The van der Waals surface area contributed by atoms with Gasteiger partial charge in [-0.25, -0.2) is 5.06 Å². The normalized spacial score (nSPS) is 20.5. The molecule has 1 aromatic carbocycles. The first kappa shape index (κ1) is 14.8. The molecule has 118 valence electrons. The number of carbonyl (C=O) groups excluding carboxylic acids is 2. The predicted molar refractivity (Wildman–Crippen MR) is 79.3 cm³/mol. The summed E-state index contributed by atoms with van der Waals surface area (Å²) in [5, 5.41) is 1.32. The lowest BCUT2D eigenvalue weighted by Crippen LogP contribution is -2.47. The van der Waals surface area contributed by atoms with E-state index in [2.05, 4.69) is 0 Å². The molecule has 6 heteroatoms. The molecule has 2 aliphatic heterocycles. The van der Waals surface area contributed by atoms with E-state index in [-0.39, 0.29) is 11.8 Å². The SMILES string of the molecule is COc1ccccc1C(=O)N1CCC2(CC1)CC(=O)N(C)O2. The van der Waals surface area contributed by atoms with Gasteiger partial charge in [-0.15, -0.1) is 0 Å². The zero-order valence-corrected chi connectivity index (χ0v) is 12.9. The number of rotatable bonds is 2. The molecule has 0 atom stereocenters. The quantitative estimate of drug-likeness (QED) is 0.830. The number of carbonyl (C=O) groups is 2. The molecule has 0 unspecified atom stereocenters. The van der Waals surface area contributed by atoms with Gasteiger partial charge in [-0.2, -0.15) is 0 Å². The van der Waals surface area contributed by atoms with Crippen LogP contribution in [0.15, 0.2) is 24.3 Å². The van der Waals surface area contributed by atoms with E-state index in [4.69, 9.17) is 9.57 Å². The maximum absolute atomic E-state index is 12.6. The van der Waals surface area contributed by atoms with Crippen LogP contribution in [0.3, 0.4) is 0 Å². The summed E-state index contributed by atoms with van der Waals surface area (Å²) < 4.78 is 5.26. The highest BCUT2D eigenvalue weighted by Gasteiger charge is 2.46. The zero-order valence-electron chi connectivity index (χ0n) is 12.9. The van der Waals surface area contributed by atoms with Crippen molar-refractivity contribution in [3.05, 3.63) is 29.8 Å². The molecule has 0 aliphatic carbocycles. The van der Waals surface area contributed by atoms with Gasteiger partial charge in [-0.1, -0.05) is 12.1 Å². The van der Waals surface area contributed by atoms with Gasteiger partial charge < -0.3 is 9.64 Å². The molecule has 0 radical (unpaired) electrons. The average Bonchev–Trinajstić information content (AvgIpc) is 2.81. The number of para-hydroxylation sites is 1. The Morgan fingerprint density at radius 2 is 1.95 bits per heavy atom. The fraction of sp³-hybridized carbons (Fsp3) is 0.500. The molecule has 22 heavy (non-hydrogen) atoms. The third-order valence-corrected chi connectivity index (χ3v) is 4.45. The van der Waals surface area contributed by atoms with Crippen LogP contribution in [-0.2, 0) is 9.63 Å². The largest absolute Gasteiger partial charge is 0.496 e. The van der Waals surface area contributed by atoms with Crippen molar-refractivity contribution in [2.24, 2.45) is 0 Å². The Morgan fingerprint density at radius 3 is 2.55 bits per heavy atom. The van der Waals surface area contributed by atoms with Crippen molar-refractivity contribution in [3.63, 3.8) is 0 Å². The Morgan fingerprint density at radius 1 is 1.27 bits per heavy atom. The van der Waals surface area contributed by atoms with Gasteiger partial charge in [-0.05, 0) is 25.0 Å². The molecule has 0 saturated carbocycles. The van der Waals surface area contributed by atoms with E-state index in [1.807, 2.05) is 12.1 Å². The monoisotopic (exact) mass is 304 g/mol. The summed E-state index contributed by atoms with van der Waals surface area (Å²) in [7, 11) is 3.20. The van der Waals surface area contributed by atoms with Gasteiger partial charge in [0.15, 0.2) is 0 Å². The first-order chi connectivity index (χ1) is 10.5. The topological polar surface area (TPSA) is 59.1 Å². The number of likely N-dealkylation sites (tertiary alicyclic amines) is 1. The van der Waals surface area contributed by atoms with Gasteiger partial charge in [-0.3, -0.25) is 14.4 Å². The minimum Gasteiger partial charge on any atom is -0.496 e. The third kappa shape index (κ3) is 2.54. The van der Waals surface area contributed by atoms with Crippen LogP contribution in [0.25, 0.3) is 0 Å². The van der Waals surface area contributed by atoms with Crippen molar-refractivity contribution in [3.8, 4) is 5.75 Å². The van der Waals surface area contributed by atoms with Crippen LogP contribution in [-0.4, -0.2) is 54.6 Å². The van der Waals surface area contributed by atoms with Gasteiger partial charge in [0, 0.05) is 20.1 Å². The van der Waals surface area contributed by atoms with Crippen LogP contribution in [0.2, 0.25) is 0 Å². The number of ether oxygens (including phenoxy) is 1. The Bertz CT molecular complexity index is 594. The van der Waals surface area contributed by atoms with Crippen LogP contribution in [0.1, 0.15) is 29.6 Å². The number of hydrogen-bond donors (Lipinski definition) is 0. The molecule has 0 bridgehead atoms. The van der Waals surface area contributed by atoms with E-state index in [0.717, 1.165) is 0 Å². The number of piperidine rings is 1. The Hall–Kier alpha value is -2.08. The number of nitrogens with zero attached hydrogens (tertiary/aromatic N) is 2. The third-order valence-electron chi connectivity index (χ3n) is 4.45. The molecule has 6 nitrogen and oxygen atoms in total. The Labute approximate surface area is 129 Å². The van der Waals surface area contributed by atoms with Crippen LogP contribution >= 0.6 is 0 Å². The Balaban J connectivity index is 1.69. The van der Waals surface area contributed by atoms with Crippen LogP contribution < -0.4 is 4.74 Å². The van der Waals surface area contributed by atoms with E-state index >= 15 is 0 Å². The van der Waals surface area contributed by atoms with Crippen molar-refractivity contribution >= 4 is 11.8 Å². The highest BCUT2D eigenvalue weighted by atomic mass is 16.7. The molecule has 2 aliphatic rings. The maximum Gasteiger partial charge on any atom is 0.257 e. The fourth-order valence-electron chi connectivity index (χ4n) is 3.14. The number of hydrogen-bond acceptors (Lipinski definition) is 4. The van der Waals surface area contributed by atoms with Gasteiger partial charge >= 0.3 is 0 Å². The second kappa shape index (κ2) is 5.61. The lowest BCUT2D eigenvalue weighted by molar-refractivity contribution is -0.197. The van der Waals surface area contributed by atoms with Crippen LogP contribution in [0.5, 0.6) is 5.75 Å². The minimum absolute atomic E-state index is 0.00417. The summed E-state index contributed by atoms with van der Waals surface area (Å²) in [5.41, 5.74) is 0.144. The number of methoxy groups -OCH3 is 1. The first-order valence-electron chi connectivity index (χ1n) is 7.43. The zero-order chi connectivity index (χ0) is 15.7. The van der Waals surface area contributed by atoms with E-state index in [0.29, 0.717) is 43.7 Å². The summed E-state index contributed by atoms with van der Waals surface area (Å²) in [4.78, 5) is 31.8. The van der Waals surface area contributed by atoms with Gasteiger partial charge in [0.25, 0.3) is 5.91 Å². The molecule has 2 fully saturated rings. The second-order valence-electron chi connectivity index (χ2n) is 5.83. The smallest absolute Gasteiger partial charge is 0.257 e. The fourth-order valence-corrected chi connectivity index (χ4v) is 3.14. The number of hydroxylamine groups is 2. The molecule has 0 N–H and O–H groups in total. The average molecular weight is 304 g/mol. The number of benzene rings is 1. The van der Waals surface area contributed by atoms with E-state index in [1.165, 1.54) is 5.06 Å². The summed E-state index contributed by atoms with van der Waals surface area (Å²) in [6, 6.07) is 7.23. The predicted octanol–water partition coefficient (Wildman–Crippen LogP) is 1.46. The molecule has 0 aromatic heterocycles. The minimum atomic E-state index is -0.427. The molecule has 1 spiro atoms. The molecule has 1 aromatic rings. The summed E-state index contributed by atoms with van der Waals surface area (Å²) in [5.74, 6) is 0.550. The van der Waals surface area contributed by atoms with Gasteiger partial charge in [0.1, 0.15) is 11.4 Å². The highest BCUT2D eigenvalue weighted by Crippen LogP contribution is 2.36. The van der Waals surface area contributed by atoms with Crippen molar-refractivity contribution in [1.82, 2.24) is 9.96 Å². The lowest BCUT2D eigenvalue weighted by atomic mass is 9.88. The van der Waals surface area contributed by atoms with Crippen molar-refractivity contribution in [2.75, 3.05) is 27.2 Å². The first-order valence-corrected chi connectivity index (χ1v) is 7.43. The molecular formula is C16H20N2O4. The molecule has 2 saturated heterocycles. The van der Waals surface area contributed by atoms with Crippen molar-refractivity contribution in [1.29, 1.82) is 0 Å². The van der Waals surface area contributed by atoms with Crippen LogP contribution in [0, 0.1) is 0 Å². The van der Waals surface area contributed by atoms with E-state index in [9.17, 15) is 9.59 Å². The highest BCUT2D eigenvalue weighted by molar-refractivity contribution is 5.97. The lowest BCUT2D eigenvalue weighted by Gasteiger charge is -2.37. The number of amides is 2. The van der Waals surface area contributed by atoms with E-state index < -0.39 is 5.60 Å². The summed E-state index contributed by atoms with van der Waals surface area (Å²) >= 11 is 0. The molecule has 2 amide bonds. The summed E-state index contributed by atoms with van der Waals surface area (Å²) in [6.07, 6.45) is 1.74. The Kier molecular flexibility index (Phi) is 3.78. The van der Waals surface area contributed by atoms with Gasteiger partial charge in [0.2, 0.25) is 5.91 Å². The standard InChI is InChI=1S/C16H20N2O4/c1-17-14(19)11-16(22-17)7-9-18(10-8-16)15(20)12-5-3-4-6-13(12)21-2/h3-6H,7-11H2,1-2H3.